The maximum absolute atomic E-state index is 10.9. The Balaban J connectivity index is -0.000000200. The number of thiol groups is 1. The Morgan fingerprint density at radius 3 is 2.00 bits per heavy atom. The molecule has 9 nitrogen and oxygen atoms in total. The van der Waals surface area contributed by atoms with E-state index in [0.717, 1.165) is 30.3 Å². The molecule has 0 saturated carbocycles. The molecule has 0 aromatic heterocycles. The van der Waals surface area contributed by atoms with Gasteiger partial charge in [-0.1, -0.05) is 45.5 Å². The van der Waals surface area contributed by atoms with E-state index in [2.05, 4.69) is 34.9 Å². The molecule has 2 atom stereocenters. The van der Waals surface area contributed by atoms with Crippen LogP contribution in [0.3, 0.4) is 0 Å². The van der Waals surface area contributed by atoms with Gasteiger partial charge in [0.25, 0.3) is 0 Å². The van der Waals surface area contributed by atoms with Crippen LogP contribution < -0.4 is 41.6 Å². The number of halogens is 2. The molecule has 1 fully saturated rings. The van der Waals surface area contributed by atoms with Crippen LogP contribution in [0.2, 0.25) is 0 Å². The van der Waals surface area contributed by atoms with Gasteiger partial charge in [-0.25, -0.2) is 9.59 Å². The molecule has 0 aliphatic carbocycles. The molecule has 204 valence electrons. The maximum atomic E-state index is 10.9. The predicted octanol–water partition coefficient (Wildman–Crippen LogP) is -4.61. The minimum atomic E-state index is -1.12. The maximum Gasteiger partial charge on any atom is 0.335 e. The van der Waals surface area contributed by atoms with Crippen LogP contribution >= 0.6 is 44.0 Å². The Kier molecular flexibility index (Phi) is 35.8. The molecule has 0 radical (unpaired) electrons. The quantitative estimate of drug-likeness (QED) is 0.0234. The van der Waals surface area contributed by atoms with E-state index in [-0.39, 0.29) is 49.0 Å². The van der Waals surface area contributed by atoms with Gasteiger partial charge in [0.1, 0.15) is 12.7 Å². The van der Waals surface area contributed by atoms with Crippen LogP contribution in [0.1, 0.15) is 13.8 Å². The van der Waals surface area contributed by atoms with Gasteiger partial charge in [0.2, 0.25) is 6.29 Å². The number of rotatable bonds is 15. The number of esters is 2. The standard InChI is InChI=1S/C8H15NO3S2.C7H10O3.C4H12N2S2.2ClH/c1-6(2)8(11)12-7(10)5-9-3-4-14-13;1-5(2)7(8)10-4-6-3-9-6;5-1-3-7-8-4-2-6;;/h7,9-10,13H,1,3-5H2,2H3;6H,1,3-4H2,2H3;1-6H2;2*1H/p-2. The second-order valence-electron chi connectivity index (χ2n) is 6.23. The van der Waals surface area contributed by atoms with Crippen molar-refractivity contribution in [1.29, 1.82) is 0 Å². The summed E-state index contributed by atoms with van der Waals surface area (Å²) in [4.78, 5) is 21.6. The van der Waals surface area contributed by atoms with Crippen molar-refractivity contribution in [3.8, 4) is 0 Å². The van der Waals surface area contributed by atoms with Crippen LogP contribution in [0.5, 0.6) is 0 Å². The second kappa shape index (κ2) is 29.4. The Labute approximate surface area is 232 Å². The largest absolute Gasteiger partial charge is 1.00 e. The Morgan fingerprint density at radius 1 is 1.12 bits per heavy atom. The lowest BCUT2D eigenvalue weighted by molar-refractivity contribution is -0.161. The molecule has 0 bridgehead atoms. The minimum Gasteiger partial charge on any atom is -1.00 e. The molecule has 1 heterocycles. The van der Waals surface area contributed by atoms with Crippen molar-refractivity contribution in [3.63, 3.8) is 0 Å². The molecule has 0 aromatic carbocycles. The highest BCUT2D eigenvalue weighted by Gasteiger charge is 2.24. The fourth-order valence-corrected chi connectivity index (χ4v) is 3.50. The first-order valence-corrected chi connectivity index (χ1v) is 14.3. The van der Waals surface area contributed by atoms with Crippen molar-refractivity contribution in [1.82, 2.24) is 5.32 Å². The van der Waals surface area contributed by atoms with Crippen molar-refractivity contribution in [2.75, 3.05) is 56.7 Å². The number of aliphatic hydroxyl groups excluding tert-OH is 1. The van der Waals surface area contributed by atoms with Crippen LogP contribution in [0.25, 0.3) is 0 Å². The fraction of sp³-hybridized carbons (Fsp3) is 0.684. The molecular weight excluding hydrogens is 565 g/mol. The van der Waals surface area contributed by atoms with Gasteiger partial charge in [-0.15, -0.1) is 11.7 Å². The first kappa shape index (κ1) is 41.3. The highest BCUT2D eigenvalue weighted by molar-refractivity contribution is 8.76. The second-order valence-corrected chi connectivity index (χ2v) is 10.4. The molecule has 1 aliphatic heterocycles. The molecule has 1 rings (SSSR count). The van der Waals surface area contributed by atoms with Crippen molar-refractivity contribution < 1.29 is 53.7 Å². The summed E-state index contributed by atoms with van der Waals surface area (Å²) >= 11 is 3.94. The van der Waals surface area contributed by atoms with Gasteiger partial charge in [-0.3, -0.25) is 0 Å². The smallest absolute Gasteiger partial charge is 0.335 e. The van der Waals surface area contributed by atoms with Gasteiger partial charge in [0, 0.05) is 48.0 Å². The zero-order chi connectivity index (χ0) is 24.8. The summed E-state index contributed by atoms with van der Waals surface area (Å²) < 4.78 is 14.2. The first-order valence-electron chi connectivity index (χ1n) is 9.79. The van der Waals surface area contributed by atoms with Gasteiger partial charge in [-0.2, -0.15) is 0 Å². The van der Waals surface area contributed by atoms with Crippen LogP contribution in [0, 0.1) is 0 Å². The van der Waals surface area contributed by atoms with Gasteiger partial charge in [0.15, 0.2) is 0 Å². The number of ether oxygens (including phenoxy) is 3. The van der Waals surface area contributed by atoms with Crippen molar-refractivity contribution in [3.05, 3.63) is 24.3 Å². The number of nitrogens with one attached hydrogen (secondary N) is 1. The molecule has 2 unspecified atom stereocenters. The third-order valence-electron chi connectivity index (χ3n) is 2.92. The van der Waals surface area contributed by atoms with Gasteiger partial charge < -0.3 is 60.9 Å². The minimum absolute atomic E-state index is 0. The van der Waals surface area contributed by atoms with Gasteiger partial charge in [0.05, 0.1) is 13.2 Å². The van der Waals surface area contributed by atoms with Crippen LogP contribution in [-0.2, 0) is 23.8 Å². The lowest BCUT2D eigenvalue weighted by Crippen LogP contribution is -3.00. The molecular formula is C19H37Cl2N3O6S4-2. The SMILES string of the molecule is C=C(C)C(=O)OC(O)CNCCSS.C=C(C)C(=O)OCC1CO1.NCCSSCCN.[Cl-].[Cl-]. The first-order chi connectivity index (χ1) is 15.2. The molecule has 0 aromatic rings. The number of epoxide rings is 1. The highest BCUT2D eigenvalue weighted by atomic mass is 35.5. The molecule has 34 heavy (non-hydrogen) atoms. The lowest BCUT2D eigenvalue weighted by atomic mass is 10.4. The average molecular weight is 603 g/mol. The van der Waals surface area contributed by atoms with E-state index in [0.29, 0.717) is 25.3 Å². The number of carbonyl (C=O) groups excluding carboxylic acids is 2. The molecule has 0 spiro atoms. The van der Waals surface area contributed by atoms with Crippen LogP contribution in [0.4, 0.5) is 0 Å². The summed E-state index contributed by atoms with van der Waals surface area (Å²) in [5, 5.41) is 12.1. The molecule has 1 aliphatic rings. The number of hydrogen-bond acceptors (Lipinski definition) is 13. The predicted molar refractivity (Wildman–Crippen MR) is 140 cm³/mol. The Morgan fingerprint density at radius 2 is 1.62 bits per heavy atom. The van der Waals surface area contributed by atoms with E-state index in [9.17, 15) is 14.7 Å². The summed E-state index contributed by atoms with van der Waals surface area (Å²) in [7, 11) is 4.98. The number of nitrogens with two attached hydrogens (primary N) is 2. The van der Waals surface area contributed by atoms with Gasteiger partial charge >= 0.3 is 11.9 Å². The normalized spacial score (nSPS) is 13.8. The zero-order valence-electron chi connectivity index (χ0n) is 19.5. The Hall–Kier alpha value is 0.200. The van der Waals surface area contributed by atoms with Crippen molar-refractivity contribution in [2.45, 2.75) is 26.2 Å². The van der Waals surface area contributed by atoms with Crippen molar-refractivity contribution >= 4 is 56.0 Å². The highest BCUT2D eigenvalue weighted by Crippen LogP contribution is 2.18. The number of carbonyl (C=O) groups is 2. The van der Waals surface area contributed by atoms with E-state index in [4.69, 9.17) is 20.9 Å². The molecule has 6 N–H and O–H groups in total. The monoisotopic (exact) mass is 601 g/mol. The summed E-state index contributed by atoms with van der Waals surface area (Å²) in [6, 6.07) is 0. The summed E-state index contributed by atoms with van der Waals surface area (Å²) in [6.07, 6.45) is -0.979. The summed E-state index contributed by atoms with van der Waals surface area (Å²) in [6.45, 7) is 13.5. The number of aliphatic hydroxyl groups is 1. The summed E-state index contributed by atoms with van der Waals surface area (Å²) in [5.74, 6) is 1.97. The third kappa shape index (κ3) is 32.2. The van der Waals surface area contributed by atoms with E-state index in [1.807, 2.05) is 0 Å². The molecule has 0 amide bonds. The zero-order valence-corrected chi connectivity index (χ0v) is 24.4. The van der Waals surface area contributed by atoms with E-state index >= 15 is 0 Å². The topological polar surface area (TPSA) is 149 Å². The van der Waals surface area contributed by atoms with Gasteiger partial charge in [-0.05, 0) is 13.8 Å². The van der Waals surface area contributed by atoms with Crippen LogP contribution in [-0.4, -0.2) is 86.1 Å². The van der Waals surface area contributed by atoms with E-state index in [1.165, 1.54) is 17.7 Å². The van der Waals surface area contributed by atoms with E-state index < -0.39 is 12.3 Å². The summed E-state index contributed by atoms with van der Waals surface area (Å²) in [5.41, 5.74) is 11.2. The average Bonchev–Trinajstić information content (AvgIpc) is 3.58. The van der Waals surface area contributed by atoms with Crippen LogP contribution in [0.15, 0.2) is 24.3 Å². The fourth-order valence-electron chi connectivity index (χ4n) is 1.28. The third-order valence-corrected chi connectivity index (χ3v) is 6.32. The Bertz CT molecular complexity index is 544. The van der Waals surface area contributed by atoms with E-state index in [1.54, 1.807) is 28.5 Å². The molecule has 1 saturated heterocycles. The molecule has 15 heteroatoms. The number of hydrogen-bond donors (Lipinski definition) is 5. The lowest BCUT2D eigenvalue weighted by Gasteiger charge is -2.12. The van der Waals surface area contributed by atoms with Crippen molar-refractivity contribution in [2.24, 2.45) is 11.5 Å².